The molecule has 0 radical (unpaired) electrons. The molecule has 0 saturated carbocycles. The molecule has 2 amide bonds. The Balaban J connectivity index is 1.94. The molecule has 1 unspecified atom stereocenters. The molecule has 1 aliphatic heterocycles. The van der Waals surface area contributed by atoms with E-state index >= 15 is 0 Å². The van der Waals surface area contributed by atoms with E-state index in [-0.39, 0.29) is 29.1 Å². The Morgan fingerprint density at radius 1 is 1.14 bits per heavy atom. The van der Waals surface area contributed by atoms with Crippen molar-refractivity contribution in [1.29, 1.82) is 0 Å². The first-order valence-corrected chi connectivity index (χ1v) is 10.0. The number of amides is 2. The van der Waals surface area contributed by atoms with Crippen LogP contribution in [0.1, 0.15) is 22.0 Å². The largest absolute Gasteiger partial charge is 0.352 e. The summed E-state index contributed by atoms with van der Waals surface area (Å²) >= 11 is 0. The van der Waals surface area contributed by atoms with Crippen molar-refractivity contribution < 1.29 is 22.4 Å². The van der Waals surface area contributed by atoms with Gasteiger partial charge in [0.2, 0.25) is 15.9 Å². The van der Waals surface area contributed by atoms with Crippen LogP contribution in [0.15, 0.2) is 53.4 Å². The average molecular weight is 405 g/mol. The van der Waals surface area contributed by atoms with Gasteiger partial charge in [-0.2, -0.15) is 0 Å². The molecule has 1 atom stereocenters. The van der Waals surface area contributed by atoms with Crippen molar-refractivity contribution >= 4 is 21.8 Å². The summed E-state index contributed by atoms with van der Waals surface area (Å²) in [7, 11) is -0.785. The maximum atomic E-state index is 14.3. The lowest BCUT2D eigenvalue weighted by atomic mass is 10.0. The molecule has 2 aromatic carbocycles. The van der Waals surface area contributed by atoms with E-state index in [2.05, 4.69) is 5.32 Å². The van der Waals surface area contributed by atoms with Gasteiger partial charge in [0.25, 0.3) is 5.91 Å². The Labute approximate surface area is 162 Å². The second-order valence-electron chi connectivity index (χ2n) is 6.53. The van der Waals surface area contributed by atoms with Crippen LogP contribution in [0.2, 0.25) is 0 Å². The van der Waals surface area contributed by atoms with E-state index in [4.69, 9.17) is 0 Å². The number of rotatable bonds is 4. The van der Waals surface area contributed by atoms with Crippen LogP contribution in [0.5, 0.6) is 0 Å². The molecular formula is C19H20FN3O4S. The number of piperazine rings is 1. The summed E-state index contributed by atoms with van der Waals surface area (Å²) in [5.74, 6) is -1.51. The number of hydrogen-bond acceptors (Lipinski definition) is 4. The lowest BCUT2D eigenvalue weighted by Gasteiger charge is -2.35. The summed E-state index contributed by atoms with van der Waals surface area (Å²) in [6.45, 7) is 0.462. The number of sulfonamides is 1. The Hall–Kier alpha value is -2.78. The molecular weight excluding hydrogens is 385 g/mol. The lowest BCUT2D eigenvalue weighted by Crippen LogP contribution is -2.52. The summed E-state index contributed by atoms with van der Waals surface area (Å²) in [5, 5.41) is 2.65. The van der Waals surface area contributed by atoms with Crippen molar-refractivity contribution in [2.45, 2.75) is 10.9 Å². The van der Waals surface area contributed by atoms with E-state index in [1.54, 1.807) is 6.07 Å². The van der Waals surface area contributed by atoms with Crippen molar-refractivity contribution in [2.24, 2.45) is 0 Å². The molecule has 3 rings (SSSR count). The topological polar surface area (TPSA) is 86.8 Å². The first-order chi connectivity index (χ1) is 13.2. The predicted octanol–water partition coefficient (Wildman–Crippen LogP) is 1.39. The van der Waals surface area contributed by atoms with Crippen LogP contribution in [0.25, 0.3) is 0 Å². The highest BCUT2D eigenvalue weighted by molar-refractivity contribution is 7.89. The number of hydrogen-bond donors (Lipinski definition) is 1. The number of nitrogens with zero attached hydrogens (tertiary/aromatic N) is 2. The third-order valence-electron chi connectivity index (χ3n) is 4.55. The number of carbonyl (C=O) groups excluding carboxylic acids is 2. The number of benzene rings is 2. The summed E-state index contributed by atoms with van der Waals surface area (Å²) in [4.78, 5) is 26.7. The smallest absolute Gasteiger partial charge is 0.254 e. The zero-order valence-electron chi connectivity index (χ0n) is 15.4. The van der Waals surface area contributed by atoms with Crippen LogP contribution in [-0.4, -0.2) is 56.6 Å². The van der Waals surface area contributed by atoms with Crippen molar-refractivity contribution in [3.8, 4) is 0 Å². The van der Waals surface area contributed by atoms with E-state index in [9.17, 15) is 22.4 Å². The third kappa shape index (κ3) is 3.63. The number of carbonyl (C=O) groups is 2. The fraction of sp³-hybridized carbons (Fsp3) is 0.263. The van der Waals surface area contributed by atoms with Crippen LogP contribution < -0.4 is 5.32 Å². The monoisotopic (exact) mass is 405 g/mol. The van der Waals surface area contributed by atoms with Crippen LogP contribution in [0.4, 0.5) is 4.39 Å². The molecule has 1 fully saturated rings. The van der Waals surface area contributed by atoms with Gasteiger partial charge in [-0.15, -0.1) is 0 Å². The molecule has 0 spiro atoms. The van der Waals surface area contributed by atoms with Gasteiger partial charge in [0.1, 0.15) is 11.9 Å². The Bertz CT molecular complexity index is 1010. The first-order valence-electron chi connectivity index (χ1n) is 8.59. The van der Waals surface area contributed by atoms with E-state index in [0.717, 1.165) is 4.31 Å². The number of halogens is 1. The summed E-state index contributed by atoms with van der Waals surface area (Å²) in [6, 6.07) is 10.2. The summed E-state index contributed by atoms with van der Waals surface area (Å²) in [6.07, 6.45) is 0. The molecule has 0 bridgehead atoms. The molecule has 0 aromatic heterocycles. The van der Waals surface area contributed by atoms with Gasteiger partial charge in [-0.05, 0) is 30.3 Å². The summed E-state index contributed by atoms with van der Waals surface area (Å²) in [5.41, 5.74) is 0.327. The van der Waals surface area contributed by atoms with E-state index < -0.39 is 33.7 Å². The highest BCUT2D eigenvalue weighted by Crippen LogP contribution is 2.27. The van der Waals surface area contributed by atoms with Gasteiger partial charge in [0.15, 0.2) is 0 Å². The average Bonchev–Trinajstić information content (AvgIpc) is 2.68. The minimum Gasteiger partial charge on any atom is -0.352 e. The molecule has 1 saturated heterocycles. The van der Waals surface area contributed by atoms with E-state index in [1.807, 2.05) is 0 Å². The van der Waals surface area contributed by atoms with Crippen LogP contribution in [0.3, 0.4) is 0 Å². The van der Waals surface area contributed by atoms with Crippen LogP contribution in [0, 0.1) is 5.82 Å². The quantitative estimate of drug-likeness (QED) is 0.833. The molecule has 148 valence electrons. The fourth-order valence-corrected chi connectivity index (χ4v) is 3.94. The molecule has 9 heteroatoms. The minimum atomic E-state index is -3.62. The lowest BCUT2D eigenvalue weighted by molar-refractivity contribution is -0.128. The second-order valence-corrected chi connectivity index (χ2v) is 8.68. The molecule has 2 aromatic rings. The SMILES string of the molecule is CN(C)S(=O)(=O)c1ccc(C(=O)N2CCNC(=O)C2c2ccccc2F)cc1. The minimum absolute atomic E-state index is 0.0519. The highest BCUT2D eigenvalue weighted by Gasteiger charge is 2.36. The third-order valence-corrected chi connectivity index (χ3v) is 6.38. The molecule has 1 N–H and O–H groups in total. The predicted molar refractivity (Wildman–Crippen MR) is 101 cm³/mol. The standard InChI is InChI=1S/C19H20FN3O4S/c1-22(2)28(26,27)14-9-7-13(8-10-14)19(25)23-12-11-21-18(24)17(23)15-5-3-4-6-16(15)20/h3-10,17H,11-12H2,1-2H3,(H,21,24). The molecule has 0 aliphatic carbocycles. The molecule has 7 nitrogen and oxygen atoms in total. The Morgan fingerprint density at radius 3 is 2.39 bits per heavy atom. The van der Waals surface area contributed by atoms with Gasteiger partial charge in [-0.25, -0.2) is 17.1 Å². The van der Waals surface area contributed by atoms with Gasteiger partial charge < -0.3 is 10.2 Å². The van der Waals surface area contributed by atoms with E-state index in [0.29, 0.717) is 0 Å². The number of nitrogens with one attached hydrogen (secondary N) is 1. The van der Waals surface area contributed by atoms with E-state index in [1.165, 1.54) is 61.5 Å². The maximum absolute atomic E-state index is 14.3. The Kier molecular flexibility index (Phi) is 5.48. The fourth-order valence-electron chi connectivity index (χ4n) is 3.04. The van der Waals surface area contributed by atoms with Crippen molar-refractivity contribution in [3.63, 3.8) is 0 Å². The zero-order chi connectivity index (χ0) is 20.5. The molecule has 1 aliphatic rings. The zero-order valence-corrected chi connectivity index (χ0v) is 16.2. The van der Waals surface area contributed by atoms with Crippen molar-refractivity contribution in [2.75, 3.05) is 27.2 Å². The van der Waals surface area contributed by atoms with Gasteiger partial charge >= 0.3 is 0 Å². The van der Waals surface area contributed by atoms with Crippen molar-refractivity contribution in [1.82, 2.24) is 14.5 Å². The Morgan fingerprint density at radius 2 is 1.79 bits per heavy atom. The summed E-state index contributed by atoms with van der Waals surface area (Å²) < 4.78 is 39.7. The normalized spacial score (nSPS) is 17.5. The van der Waals surface area contributed by atoms with Gasteiger partial charge in [0, 0.05) is 38.3 Å². The van der Waals surface area contributed by atoms with Crippen LogP contribution in [-0.2, 0) is 14.8 Å². The van der Waals surface area contributed by atoms with Gasteiger partial charge in [-0.1, -0.05) is 18.2 Å². The molecule has 28 heavy (non-hydrogen) atoms. The maximum Gasteiger partial charge on any atom is 0.254 e. The second kappa shape index (κ2) is 7.69. The van der Waals surface area contributed by atoms with Crippen LogP contribution >= 0.6 is 0 Å². The van der Waals surface area contributed by atoms with Gasteiger partial charge in [-0.3, -0.25) is 9.59 Å². The first kappa shape index (κ1) is 20.0. The van der Waals surface area contributed by atoms with Crippen molar-refractivity contribution in [3.05, 3.63) is 65.5 Å². The van der Waals surface area contributed by atoms with Gasteiger partial charge in [0.05, 0.1) is 4.90 Å². The molecule has 1 heterocycles. The highest BCUT2D eigenvalue weighted by atomic mass is 32.2.